The number of hydrogen-bond acceptors (Lipinski definition) is 5. The van der Waals surface area contributed by atoms with Gasteiger partial charge in [0.1, 0.15) is 5.82 Å². The van der Waals surface area contributed by atoms with Crippen LogP contribution < -0.4 is 5.32 Å². The summed E-state index contributed by atoms with van der Waals surface area (Å²) in [6.45, 7) is 6.31. The van der Waals surface area contributed by atoms with Crippen LogP contribution in [0.3, 0.4) is 0 Å². The molecule has 0 fully saturated rings. The van der Waals surface area contributed by atoms with Gasteiger partial charge in [-0.3, -0.25) is 4.68 Å². The van der Waals surface area contributed by atoms with Gasteiger partial charge in [-0.25, -0.2) is 9.97 Å². The van der Waals surface area contributed by atoms with Crippen LogP contribution in [0, 0.1) is 0 Å². The second-order valence-corrected chi connectivity index (χ2v) is 5.17. The molecule has 0 radical (unpaired) electrons. The predicted octanol–water partition coefficient (Wildman–Crippen LogP) is 1.94. The molecule has 0 atom stereocenters. The van der Waals surface area contributed by atoms with Crippen molar-refractivity contribution in [3.8, 4) is 11.4 Å². The van der Waals surface area contributed by atoms with E-state index in [1.54, 1.807) is 0 Å². The zero-order chi connectivity index (χ0) is 14.8. The second kappa shape index (κ2) is 5.81. The Morgan fingerprint density at radius 3 is 2.95 bits per heavy atom. The molecule has 3 rings (SSSR count). The number of fused-ring (bicyclic) bond motifs is 1. The third kappa shape index (κ3) is 2.63. The average molecular weight is 287 g/mol. The van der Waals surface area contributed by atoms with Crippen LogP contribution >= 0.6 is 0 Å². The van der Waals surface area contributed by atoms with Crippen LogP contribution in [0.2, 0.25) is 0 Å². The summed E-state index contributed by atoms with van der Waals surface area (Å²) >= 11 is 0. The van der Waals surface area contributed by atoms with Crippen LogP contribution in [-0.4, -0.2) is 32.9 Å². The fourth-order valence-electron chi connectivity index (χ4n) is 2.65. The largest absolute Gasteiger partial charge is 0.376 e. The van der Waals surface area contributed by atoms with Gasteiger partial charge in [0, 0.05) is 31.8 Å². The highest BCUT2D eigenvalue weighted by Crippen LogP contribution is 2.27. The molecule has 0 saturated heterocycles. The second-order valence-electron chi connectivity index (χ2n) is 5.17. The smallest absolute Gasteiger partial charge is 0.165 e. The summed E-state index contributed by atoms with van der Waals surface area (Å²) in [5, 5.41) is 7.82. The molecule has 0 amide bonds. The summed E-state index contributed by atoms with van der Waals surface area (Å²) in [6.07, 6.45) is 3.71. The lowest BCUT2D eigenvalue weighted by Gasteiger charge is -2.19. The summed E-state index contributed by atoms with van der Waals surface area (Å²) in [5.41, 5.74) is 4.24. The predicted molar refractivity (Wildman–Crippen MR) is 81.1 cm³/mol. The number of nitrogens with one attached hydrogen (secondary N) is 1. The Balaban J connectivity index is 2.12. The molecule has 0 spiro atoms. The lowest BCUT2D eigenvalue weighted by atomic mass is 10.1. The first-order chi connectivity index (χ1) is 10.2. The van der Waals surface area contributed by atoms with Crippen LogP contribution in [0.4, 0.5) is 5.82 Å². The quantitative estimate of drug-likeness (QED) is 0.931. The molecule has 21 heavy (non-hydrogen) atoms. The van der Waals surface area contributed by atoms with Crippen LogP contribution in [-0.2, 0) is 31.2 Å². The maximum Gasteiger partial charge on any atom is 0.165 e. The average Bonchev–Trinajstić information content (AvgIpc) is 2.88. The molecule has 1 N–H and O–H groups in total. The van der Waals surface area contributed by atoms with Gasteiger partial charge in [0.2, 0.25) is 0 Å². The standard InChI is InChI=1S/C15H21N5O/c1-4-12-10(8-20(3)19-12)15-17-13-6-7-21-9-11(13)14(18-15)16-5-2/h8H,4-7,9H2,1-3H3,(H,16,17,18). The third-order valence-corrected chi connectivity index (χ3v) is 3.65. The number of rotatable bonds is 4. The molecule has 3 heterocycles. The van der Waals surface area contributed by atoms with Gasteiger partial charge in [-0.05, 0) is 13.3 Å². The van der Waals surface area contributed by atoms with Crippen molar-refractivity contribution in [3.05, 3.63) is 23.1 Å². The van der Waals surface area contributed by atoms with E-state index in [2.05, 4.69) is 24.3 Å². The highest BCUT2D eigenvalue weighted by atomic mass is 16.5. The molecular formula is C15H21N5O. The lowest BCUT2D eigenvalue weighted by molar-refractivity contribution is 0.109. The van der Waals surface area contributed by atoms with Gasteiger partial charge >= 0.3 is 0 Å². The summed E-state index contributed by atoms with van der Waals surface area (Å²) in [4.78, 5) is 9.48. The number of anilines is 1. The van der Waals surface area contributed by atoms with Crippen molar-refractivity contribution >= 4 is 5.82 Å². The van der Waals surface area contributed by atoms with Crippen molar-refractivity contribution in [3.63, 3.8) is 0 Å². The Kier molecular flexibility index (Phi) is 3.88. The van der Waals surface area contributed by atoms with Crippen LogP contribution in [0.1, 0.15) is 30.8 Å². The Labute approximate surface area is 124 Å². The zero-order valence-electron chi connectivity index (χ0n) is 12.8. The lowest BCUT2D eigenvalue weighted by Crippen LogP contribution is -2.17. The fraction of sp³-hybridized carbons (Fsp3) is 0.533. The molecule has 1 aliphatic rings. The minimum atomic E-state index is 0.589. The van der Waals surface area contributed by atoms with Crippen molar-refractivity contribution < 1.29 is 4.74 Å². The summed E-state index contributed by atoms with van der Waals surface area (Å²) in [5.74, 6) is 1.65. The minimum Gasteiger partial charge on any atom is -0.376 e. The van der Waals surface area contributed by atoms with Crippen molar-refractivity contribution in [1.29, 1.82) is 0 Å². The number of nitrogens with zero attached hydrogens (tertiary/aromatic N) is 4. The molecule has 0 bridgehead atoms. The molecule has 6 nitrogen and oxygen atoms in total. The molecule has 0 saturated carbocycles. The van der Waals surface area contributed by atoms with Gasteiger partial charge in [0.05, 0.1) is 30.2 Å². The van der Waals surface area contributed by atoms with Gasteiger partial charge < -0.3 is 10.1 Å². The van der Waals surface area contributed by atoms with Crippen LogP contribution in [0.25, 0.3) is 11.4 Å². The Bertz CT molecular complexity index is 650. The van der Waals surface area contributed by atoms with E-state index in [-0.39, 0.29) is 0 Å². The van der Waals surface area contributed by atoms with E-state index in [1.165, 1.54) is 0 Å². The Hall–Kier alpha value is -1.95. The molecule has 0 aromatic carbocycles. The highest BCUT2D eigenvalue weighted by molar-refractivity contribution is 5.61. The summed E-state index contributed by atoms with van der Waals surface area (Å²) in [7, 11) is 1.93. The van der Waals surface area contributed by atoms with E-state index >= 15 is 0 Å². The first-order valence-corrected chi connectivity index (χ1v) is 7.47. The van der Waals surface area contributed by atoms with Gasteiger partial charge in [-0.15, -0.1) is 0 Å². The topological polar surface area (TPSA) is 64.9 Å². The first kappa shape index (κ1) is 14.0. The third-order valence-electron chi connectivity index (χ3n) is 3.65. The molecule has 6 heteroatoms. The monoisotopic (exact) mass is 287 g/mol. The maximum absolute atomic E-state index is 5.54. The normalized spacial score (nSPS) is 14.0. The number of aromatic nitrogens is 4. The number of aryl methyl sites for hydroxylation is 2. The van der Waals surface area contributed by atoms with Gasteiger partial charge in [0.15, 0.2) is 5.82 Å². The Morgan fingerprint density at radius 2 is 2.19 bits per heavy atom. The summed E-state index contributed by atoms with van der Waals surface area (Å²) < 4.78 is 7.37. The fourth-order valence-corrected chi connectivity index (χ4v) is 2.65. The van der Waals surface area contributed by atoms with Crippen molar-refractivity contribution in [2.24, 2.45) is 7.05 Å². The van der Waals surface area contributed by atoms with Crippen molar-refractivity contribution in [2.45, 2.75) is 33.3 Å². The molecule has 0 unspecified atom stereocenters. The first-order valence-electron chi connectivity index (χ1n) is 7.47. The Morgan fingerprint density at radius 1 is 1.33 bits per heavy atom. The molecular weight excluding hydrogens is 266 g/mol. The highest BCUT2D eigenvalue weighted by Gasteiger charge is 2.20. The van der Waals surface area contributed by atoms with E-state index < -0.39 is 0 Å². The van der Waals surface area contributed by atoms with Crippen LogP contribution in [0.15, 0.2) is 6.20 Å². The van der Waals surface area contributed by atoms with E-state index in [1.807, 2.05) is 17.9 Å². The number of hydrogen-bond donors (Lipinski definition) is 1. The molecule has 1 aliphatic heterocycles. The van der Waals surface area contributed by atoms with E-state index in [4.69, 9.17) is 14.7 Å². The summed E-state index contributed by atoms with van der Waals surface area (Å²) in [6, 6.07) is 0. The molecule has 2 aromatic rings. The maximum atomic E-state index is 5.54. The van der Waals surface area contributed by atoms with Gasteiger partial charge in [0.25, 0.3) is 0 Å². The van der Waals surface area contributed by atoms with Gasteiger partial charge in [-0.2, -0.15) is 5.10 Å². The number of ether oxygens (including phenoxy) is 1. The minimum absolute atomic E-state index is 0.589. The van der Waals surface area contributed by atoms with E-state index in [9.17, 15) is 0 Å². The van der Waals surface area contributed by atoms with E-state index in [0.29, 0.717) is 6.61 Å². The van der Waals surface area contributed by atoms with E-state index in [0.717, 1.165) is 60.2 Å². The molecule has 0 aliphatic carbocycles. The SMILES string of the molecule is CCNc1nc(-c2cn(C)nc2CC)nc2c1COCC2. The van der Waals surface area contributed by atoms with Gasteiger partial charge in [-0.1, -0.05) is 6.92 Å². The zero-order valence-corrected chi connectivity index (χ0v) is 12.8. The molecule has 112 valence electrons. The van der Waals surface area contributed by atoms with Crippen LogP contribution in [0.5, 0.6) is 0 Å². The van der Waals surface area contributed by atoms with Crippen molar-refractivity contribution in [1.82, 2.24) is 19.7 Å². The van der Waals surface area contributed by atoms with Crippen molar-refractivity contribution in [2.75, 3.05) is 18.5 Å². The molecule has 2 aromatic heterocycles.